The summed E-state index contributed by atoms with van der Waals surface area (Å²) in [4.78, 5) is 7.50. The lowest BCUT2D eigenvalue weighted by Gasteiger charge is -2.14. The van der Waals surface area contributed by atoms with E-state index in [-0.39, 0.29) is 11.8 Å². The average molecular weight is 303 g/mol. The van der Waals surface area contributed by atoms with Crippen LogP contribution in [-0.2, 0) is 6.18 Å². The summed E-state index contributed by atoms with van der Waals surface area (Å²) < 4.78 is 44.0. The second kappa shape index (κ2) is 6.95. The number of nitrogens with one attached hydrogen (secondary N) is 1. The number of nitrogens with zero attached hydrogens (tertiary/aromatic N) is 2. The molecule has 2 rings (SSSR count). The summed E-state index contributed by atoms with van der Waals surface area (Å²) in [6, 6.07) is 0.867. The first-order chi connectivity index (χ1) is 9.99. The highest BCUT2D eigenvalue weighted by atomic mass is 19.4. The topological polar surface area (TPSA) is 47.0 Å². The van der Waals surface area contributed by atoms with Crippen molar-refractivity contribution in [2.45, 2.75) is 45.2 Å². The summed E-state index contributed by atoms with van der Waals surface area (Å²) in [5.41, 5.74) is -0.975. The molecule has 21 heavy (non-hydrogen) atoms. The van der Waals surface area contributed by atoms with Crippen molar-refractivity contribution in [3.63, 3.8) is 0 Å². The number of aromatic nitrogens is 2. The van der Waals surface area contributed by atoms with Crippen LogP contribution in [0.5, 0.6) is 5.88 Å². The molecule has 1 N–H and O–H groups in total. The minimum atomic E-state index is -4.50. The van der Waals surface area contributed by atoms with E-state index in [1.54, 1.807) is 0 Å². The lowest BCUT2D eigenvalue weighted by atomic mass is 10.1. The van der Waals surface area contributed by atoms with Crippen LogP contribution >= 0.6 is 0 Å². The molecule has 1 aromatic rings. The molecule has 1 aromatic heterocycles. The quantitative estimate of drug-likeness (QED) is 0.866. The molecule has 1 aliphatic carbocycles. The molecule has 0 saturated heterocycles. The van der Waals surface area contributed by atoms with Gasteiger partial charge < -0.3 is 10.1 Å². The Morgan fingerprint density at radius 2 is 2.00 bits per heavy atom. The molecule has 118 valence electrons. The lowest BCUT2D eigenvalue weighted by Crippen LogP contribution is -2.15. The molecule has 0 aromatic carbocycles. The zero-order chi connectivity index (χ0) is 15.3. The maximum Gasteiger partial charge on any atom is 0.433 e. The van der Waals surface area contributed by atoms with Gasteiger partial charge >= 0.3 is 6.18 Å². The van der Waals surface area contributed by atoms with Crippen molar-refractivity contribution < 1.29 is 17.9 Å². The van der Waals surface area contributed by atoms with Gasteiger partial charge in [0, 0.05) is 12.6 Å². The molecule has 0 aliphatic heterocycles. The Balaban J connectivity index is 2.09. The van der Waals surface area contributed by atoms with Crippen molar-refractivity contribution >= 4 is 5.95 Å². The van der Waals surface area contributed by atoms with Gasteiger partial charge in [0.2, 0.25) is 11.8 Å². The highest BCUT2D eigenvalue weighted by Gasteiger charge is 2.34. The molecule has 1 aliphatic rings. The molecule has 0 atom stereocenters. The van der Waals surface area contributed by atoms with E-state index >= 15 is 0 Å². The predicted octanol–water partition coefficient (Wildman–Crippen LogP) is 3.89. The molecule has 1 fully saturated rings. The lowest BCUT2D eigenvalue weighted by molar-refractivity contribution is -0.141. The van der Waals surface area contributed by atoms with E-state index in [9.17, 15) is 13.2 Å². The van der Waals surface area contributed by atoms with Crippen LogP contribution in [0.4, 0.5) is 19.1 Å². The Morgan fingerprint density at radius 1 is 1.29 bits per heavy atom. The number of ether oxygens (including phenoxy) is 1. The van der Waals surface area contributed by atoms with Crippen LogP contribution in [-0.4, -0.2) is 23.1 Å². The van der Waals surface area contributed by atoms with Crippen LogP contribution in [0.1, 0.15) is 44.7 Å². The summed E-state index contributed by atoms with van der Waals surface area (Å²) in [6.07, 6.45) is 0.731. The van der Waals surface area contributed by atoms with Crippen molar-refractivity contribution in [1.82, 2.24) is 9.97 Å². The molecule has 1 heterocycles. The fourth-order valence-corrected chi connectivity index (χ4v) is 2.34. The first kappa shape index (κ1) is 15.9. The monoisotopic (exact) mass is 303 g/mol. The third-order valence-electron chi connectivity index (χ3n) is 3.47. The van der Waals surface area contributed by atoms with Crippen LogP contribution in [0.2, 0.25) is 0 Å². The first-order valence-electron chi connectivity index (χ1n) is 7.32. The van der Waals surface area contributed by atoms with E-state index in [1.165, 1.54) is 0 Å². The highest BCUT2D eigenvalue weighted by Crippen LogP contribution is 2.31. The summed E-state index contributed by atoms with van der Waals surface area (Å²) in [6.45, 7) is 2.85. The summed E-state index contributed by atoms with van der Waals surface area (Å²) in [7, 11) is 0. The Kier molecular flexibility index (Phi) is 5.25. The Labute approximate surface area is 122 Å². The second-order valence-electron chi connectivity index (χ2n) is 5.30. The minimum absolute atomic E-state index is 0.0113. The van der Waals surface area contributed by atoms with E-state index < -0.39 is 11.9 Å². The van der Waals surface area contributed by atoms with Gasteiger partial charge in [0.05, 0.1) is 6.61 Å². The van der Waals surface area contributed by atoms with Crippen molar-refractivity contribution in [2.75, 3.05) is 18.5 Å². The fraction of sp³-hybridized carbons (Fsp3) is 0.714. The summed E-state index contributed by atoms with van der Waals surface area (Å²) in [5, 5.41) is 2.77. The first-order valence-corrected chi connectivity index (χ1v) is 7.32. The third kappa shape index (κ3) is 4.75. The third-order valence-corrected chi connectivity index (χ3v) is 3.47. The maximum atomic E-state index is 12.8. The van der Waals surface area contributed by atoms with Gasteiger partial charge in [-0.3, -0.25) is 0 Å². The Morgan fingerprint density at radius 3 is 2.62 bits per heavy atom. The SMILES string of the molecule is CCCNc1nc(OCC2CCCC2)cc(C(F)(F)F)n1. The zero-order valence-electron chi connectivity index (χ0n) is 12.0. The molecule has 0 unspecified atom stereocenters. The van der Waals surface area contributed by atoms with Gasteiger partial charge in [-0.15, -0.1) is 0 Å². The molecule has 4 nitrogen and oxygen atoms in total. The van der Waals surface area contributed by atoms with Gasteiger partial charge in [0.1, 0.15) is 0 Å². The van der Waals surface area contributed by atoms with Crippen molar-refractivity contribution in [3.8, 4) is 5.88 Å². The van der Waals surface area contributed by atoms with E-state index in [1.807, 2.05) is 6.92 Å². The number of anilines is 1. The van der Waals surface area contributed by atoms with Gasteiger partial charge in [-0.1, -0.05) is 19.8 Å². The van der Waals surface area contributed by atoms with Crippen molar-refractivity contribution in [2.24, 2.45) is 5.92 Å². The smallest absolute Gasteiger partial charge is 0.433 e. The molecular weight excluding hydrogens is 283 g/mol. The number of halogens is 3. The van der Waals surface area contributed by atoms with E-state index in [0.717, 1.165) is 38.2 Å². The maximum absolute atomic E-state index is 12.8. The van der Waals surface area contributed by atoms with Crippen molar-refractivity contribution in [1.29, 1.82) is 0 Å². The van der Waals surface area contributed by atoms with Crippen LogP contribution in [0, 0.1) is 5.92 Å². The summed E-state index contributed by atoms with van der Waals surface area (Å²) in [5.74, 6) is 0.372. The van der Waals surface area contributed by atoms with E-state index in [0.29, 0.717) is 19.1 Å². The van der Waals surface area contributed by atoms with Crippen molar-refractivity contribution in [3.05, 3.63) is 11.8 Å². The van der Waals surface area contributed by atoms with Gasteiger partial charge in [-0.2, -0.15) is 18.2 Å². The normalized spacial score (nSPS) is 16.2. The number of rotatable bonds is 6. The molecular formula is C14H20F3N3O. The zero-order valence-corrected chi connectivity index (χ0v) is 12.0. The van der Waals surface area contributed by atoms with Crippen LogP contribution < -0.4 is 10.1 Å². The standard InChI is InChI=1S/C14H20F3N3O/c1-2-7-18-13-19-11(14(15,16)17)8-12(20-13)21-9-10-5-3-4-6-10/h8,10H,2-7,9H2,1H3,(H,18,19,20). The van der Waals surface area contributed by atoms with Crippen LogP contribution in [0.3, 0.4) is 0 Å². The fourth-order valence-electron chi connectivity index (χ4n) is 2.34. The van der Waals surface area contributed by atoms with E-state index in [4.69, 9.17) is 4.74 Å². The largest absolute Gasteiger partial charge is 0.477 e. The van der Waals surface area contributed by atoms with Crippen LogP contribution in [0.15, 0.2) is 6.07 Å². The van der Waals surface area contributed by atoms with Gasteiger partial charge in [0.15, 0.2) is 5.69 Å². The van der Waals surface area contributed by atoms with Gasteiger partial charge in [-0.05, 0) is 25.2 Å². The summed E-state index contributed by atoms with van der Waals surface area (Å²) >= 11 is 0. The number of alkyl halides is 3. The molecule has 1 saturated carbocycles. The Hall–Kier alpha value is -1.53. The Bertz CT molecular complexity index is 459. The molecule has 0 spiro atoms. The molecule has 0 bridgehead atoms. The van der Waals surface area contributed by atoms with E-state index in [2.05, 4.69) is 15.3 Å². The van der Waals surface area contributed by atoms with Crippen LogP contribution in [0.25, 0.3) is 0 Å². The van der Waals surface area contributed by atoms with Gasteiger partial charge in [-0.25, -0.2) is 4.98 Å². The molecule has 7 heteroatoms. The molecule has 0 amide bonds. The second-order valence-corrected chi connectivity index (χ2v) is 5.30. The number of hydrogen-bond acceptors (Lipinski definition) is 4. The number of hydrogen-bond donors (Lipinski definition) is 1. The predicted molar refractivity (Wildman–Crippen MR) is 73.3 cm³/mol. The van der Waals surface area contributed by atoms with Gasteiger partial charge in [0.25, 0.3) is 0 Å². The average Bonchev–Trinajstić information content (AvgIpc) is 2.95. The molecule has 0 radical (unpaired) electrons. The highest BCUT2D eigenvalue weighted by molar-refractivity contribution is 5.32. The minimum Gasteiger partial charge on any atom is -0.477 e.